The minimum absolute atomic E-state index is 0.0958. The summed E-state index contributed by atoms with van der Waals surface area (Å²) in [5.74, 6) is -0.428. The molecule has 3 rings (SSSR count). The Hall–Kier alpha value is -2.44. The second kappa shape index (κ2) is 6.98. The Labute approximate surface area is 147 Å². The molecule has 0 aliphatic rings. The van der Waals surface area contributed by atoms with E-state index in [-0.39, 0.29) is 11.7 Å². The molecule has 0 saturated heterocycles. The molecule has 24 heavy (non-hydrogen) atoms. The van der Waals surface area contributed by atoms with E-state index in [0.717, 1.165) is 10.4 Å². The molecule has 0 spiro atoms. The number of anilines is 1. The van der Waals surface area contributed by atoms with Crippen LogP contribution in [0.2, 0.25) is 5.02 Å². The van der Waals surface area contributed by atoms with Crippen molar-refractivity contribution in [1.29, 1.82) is 0 Å². The third-order valence-electron chi connectivity index (χ3n) is 3.43. The number of halogens is 1. The number of aromatic nitrogens is 2. The summed E-state index contributed by atoms with van der Waals surface area (Å²) in [4.78, 5) is 31.4. The Kier molecular flexibility index (Phi) is 4.78. The topological polar surface area (TPSA) is 74.8 Å². The number of hydrogen-bond donors (Lipinski definition) is 2. The van der Waals surface area contributed by atoms with E-state index in [2.05, 4.69) is 15.3 Å². The Bertz CT molecular complexity index is 901. The van der Waals surface area contributed by atoms with E-state index in [4.69, 9.17) is 11.6 Å². The minimum atomic E-state index is -0.332. The fourth-order valence-electron chi connectivity index (χ4n) is 2.17. The van der Waals surface area contributed by atoms with Crippen LogP contribution in [-0.4, -0.2) is 21.7 Å². The van der Waals surface area contributed by atoms with Crippen LogP contribution in [-0.2, 0) is 6.42 Å². The van der Waals surface area contributed by atoms with Crippen LogP contribution in [0.3, 0.4) is 0 Å². The smallest absolute Gasteiger partial charge is 0.273 e. The average molecular weight is 360 g/mol. The molecule has 122 valence electrons. The lowest BCUT2D eigenvalue weighted by Gasteiger charge is -2.01. The van der Waals surface area contributed by atoms with Crippen molar-refractivity contribution in [2.75, 3.05) is 5.32 Å². The van der Waals surface area contributed by atoms with Gasteiger partial charge in [0.15, 0.2) is 10.9 Å². The number of nitrogens with zero attached hydrogens (tertiary/aromatic N) is 1. The van der Waals surface area contributed by atoms with Gasteiger partial charge < -0.3 is 4.98 Å². The number of benzene rings is 1. The van der Waals surface area contributed by atoms with Crippen LogP contribution in [0.1, 0.15) is 38.2 Å². The van der Waals surface area contributed by atoms with Gasteiger partial charge in [0.2, 0.25) is 0 Å². The molecule has 1 amide bonds. The Morgan fingerprint density at radius 2 is 2.12 bits per heavy atom. The number of rotatable bonds is 5. The Balaban J connectivity index is 1.68. The molecule has 2 heterocycles. The van der Waals surface area contributed by atoms with Gasteiger partial charge in [0.05, 0.1) is 0 Å². The molecular formula is C17H14ClN3O2S. The number of carbonyl (C=O) groups is 2. The maximum atomic E-state index is 12.2. The first-order chi connectivity index (χ1) is 11.5. The number of Topliss-reactive ketones (excluding diaryl/α,β-unsaturated/α-hetero) is 1. The zero-order valence-corrected chi connectivity index (χ0v) is 14.4. The van der Waals surface area contributed by atoms with Gasteiger partial charge in [-0.05, 0) is 24.6 Å². The summed E-state index contributed by atoms with van der Waals surface area (Å²) in [7, 11) is 0. The van der Waals surface area contributed by atoms with E-state index in [0.29, 0.717) is 27.8 Å². The van der Waals surface area contributed by atoms with Gasteiger partial charge in [0, 0.05) is 34.3 Å². The summed E-state index contributed by atoms with van der Waals surface area (Å²) < 4.78 is 0. The molecule has 1 aromatic carbocycles. The number of thiazole rings is 1. The van der Waals surface area contributed by atoms with Crippen molar-refractivity contribution in [3.63, 3.8) is 0 Å². The van der Waals surface area contributed by atoms with E-state index >= 15 is 0 Å². The van der Waals surface area contributed by atoms with Crippen molar-refractivity contribution in [3.05, 3.63) is 69.4 Å². The van der Waals surface area contributed by atoms with Crippen molar-refractivity contribution < 1.29 is 9.59 Å². The zero-order valence-electron chi connectivity index (χ0n) is 12.8. The van der Waals surface area contributed by atoms with Crippen molar-refractivity contribution in [2.45, 2.75) is 13.3 Å². The van der Waals surface area contributed by atoms with Gasteiger partial charge in [-0.2, -0.15) is 0 Å². The molecule has 0 fully saturated rings. The highest BCUT2D eigenvalue weighted by molar-refractivity contribution is 7.15. The largest absolute Gasteiger partial charge is 0.356 e. The van der Waals surface area contributed by atoms with Crippen LogP contribution in [0.25, 0.3) is 0 Å². The summed E-state index contributed by atoms with van der Waals surface area (Å²) in [5.41, 5.74) is 1.80. The molecule has 0 bridgehead atoms. The van der Waals surface area contributed by atoms with E-state index < -0.39 is 0 Å². The highest BCUT2D eigenvalue weighted by Gasteiger charge is 2.13. The number of hydrogen-bond acceptors (Lipinski definition) is 4. The van der Waals surface area contributed by atoms with Crippen molar-refractivity contribution in [3.8, 4) is 0 Å². The first-order valence-electron chi connectivity index (χ1n) is 7.22. The number of amides is 1. The SMILES string of the molecule is CC(=O)c1c[nH]c(C(=O)Nc2ncc(Cc3ccccc3Cl)s2)c1. The second-order valence-corrected chi connectivity index (χ2v) is 6.73. The summed E-state index contributed by atoms with van der Waals surface area (Å²) in [5, 5.41) is 3.93. The number of ketones is 1. The summed E-state index contributed by atoms with van der Waals surface area (Å²) in [6, 6.07) is 9.15. The number of H-pyrrole nitrogens is 1. The minimum Gasteiger partial charge on any atom is -0.356 e. The fourth-order valence-corrected chi connectivity index (χ4v) is 3.20. The third kappa shape index (κ3) is 3.72. The van der Waals surface area contributed by atoms with Gasteiger partial charge in [0.1, 0.15) is 5.69 Å². The summed E-state index contributed by atoms with van der Waals surface area (Å²) >= 11 is 7.55. The molecule has 0 aliphatic carbocycles. The van der Waals surface area contributed by atoms with Crippen LogP contribution >= 0.6 is 22.9 Å². The van der Waals surface area contributed by atoms with E-state index in [9.17, 15) is 9.59 Å². The summed E-state index contributed by atoms with van der Waals surface area (Å²) in [6.45, 7) is 1.45. The van der Waals surface area contributed by atoms with Crippen molar-refractivity contribution in [1.82, 2.24) is 9.97 Å². The van der Waals surface area contributed by atoms with Gasteiger partial charge in [-0.25, -0.2) is 4.98 Å². The number of aromatic amines is 1. The number of carbonyl (C=O) groups excluding carboxylic acids is 2. The fraction of sp³-hybridized carbons (Fsp3) is 0.118. The van der Waals surface area contributed by atoms with Crippen LogP contribution in [0.15, 0.2) is 42.7 Å². The van der Waals surface area contributed by atoms with Gasteiger partial charge in [-0.3, -0.25) is 14.9 Å². The molecule has 0 unspecified atom stereocenters. The molecule has 3 aromatic rings. The standard InChI is InChI=1S/C17H14ClN3O2S/c1-10(22)12-7-15(19-8-12)16(23)21-17-20-9-13(24-17)6-11-4-2-3-5-14(11)18/h2-5,7-9,19H,6H2,1H3,(H,20,21,23). The van der Waals surface area contributed by atoms with Gasteiger partial charge in [0.25, 0.3) is 5.91 Å². The lowest BCUT2D eigenvalue weighted by molar-refractivity contribution is 0.101. The first-order valence-corrected chi connectivity index (χ1v) is 8.41. The normalized spacial score (nSPS) is 10.6. The first kappa shape index (κ1) is 16.4. The van der Waals surface area contributed by atoms with E-state index in [1.807, 2.05) is 24.3 Å². The van der Waals surface area contributed by atoms with Crippen LogP contribution in [0.5, 0.6) is 0 Å². The Morgan fingerprint density at radius 1 is 1.33 bits per heavy atom. The quantitative estimate of drug-likeness (QED) is 0.671. The molecule has 0 radical (unpaired) electrons. The number of nitrogens with one attached hydrogen (secondary N) is 2. The highest BCUT2D eigenvalue weighted by atomic mass is 35.5. The molecule has 7 heteroatoms. The molecule has 2 aromatic heterocycles. The summed E-state index contributed by atoms with van der Waals surface area (Å²) in [6.07, 6.45) is 3.89. The van der Waals surface area contributed by atoms with Gasteiger partial charge in [-0.1, -0.05) is 29.8 Å². The monoisotopic (exact) mass is 359 g/mol. The maximum absolute atomic E-state index is 12.2. The molecule has 5 nitrogen and oxygen atoms in total. The predicted octanol–water partition coefficient (Wildman–Crippen LogP) is 4.17. The van der Waals surface area contributed by atoms with Gasteiger partial charge >= 0.3 is 0 Å². The highest BCUT2D eigenvalue weighted by Crippen LogP contribution is 2.25. The lowest BCUT2D eigenvalue weighted by Crippen LogP contribution is -2.11. The predicted molar refractivity (Wildman–Crippen MR) is 95.1 cm³/mol. The Morgan fingerprint density at radius 3 is 2.83 bits per heavy atom. The lowest BCUT2D eigenvalue weighted by atomic mass is 10.1. The van der Waals surface area contributed by atoms with Crippen LogP contribution in [0.4, 0.5) is 5.13 Å². The van der Waals surface area contributed by atoms with E-state index in [1.54, 1.807) is 6.20 Å². The molecule has 0 atom stereocenters. The van der Waals surface area contributed by atoms with Crippen molar-refractivity contribution >= 4 is 39.8 Å². The second-order valence-electron chi connectivity index (χ2n) is 5.21. The van der Waals surface area contributed by atoms with Crippen LogP contribution < -0.4 is 5.32 Å². The van der Waals surface area contributed by atoms with Crippen molar-refractivity contribution in [2.24, 2.45) is 0 Å². The maximum Gasteiger partial charge on any atom is 0.273 e. The average Bonchev–Trinajstić information content (AvgIpc) is 3.19. The zero-order chi connectivity index (χ0) is 17.1. The van der Waals surface area contributed by atoms with Gasteiger partial charge in [-0.15, -0.1) is 11.3 Å². The van der Waals surface area contributed by atoms with E-state index in [1.165, 1.54) is 30.5 Å². The molecule has 0 saturated carbocycles. The molecule has 0 aliphatic heterocycles. The molecular weight excluding hydrogens is 346 g/mol. The van der Waals surface area contributed by atoms with Crippen LogP contribution in [0, 0.1) is 0 Å². The molecule has 2 N–H and O–H groups in total. The third-order valence-corrected chi connectivity index (χ3v) is 4.71.